The van der Waals surface area contributed by atoms with Crippen molar-refractivity contribution in [1.29, 1.82) is 0 Å². The van der Waals surface area contributed by atoms with Gasteiger partial charge in [-0.25, -0.2) is 0 Å². The first-order chi connectivity index (χ1) is 11.1. The molecule has 0 radical (unpaired) electrons. The Morgan fingerprint density at radius 2 is 1.87 bits per heavy atom. The van der Waals surface area contributed by atoms with Crippen LogP contribution >= 0.6 is 0 Å². The van der Waals surface area contributed by atoms with Crippen LogP contribution in [0.25, 0.3) is 0 Å². The van der Waals surface area contributed by atoms with Crippen molar-refractivity contribution in [3.63, 3.8) is 0 Å². The third-order valence-corrected chi connectivity index (χ3v) is 3.48. The van der Waals surface area contributed by atoms with Crippen LogP contribution in [0.2, 0.25) is 0 Å². The highest BCUT2D eigenvalue weighted by Crippen LogP contribution is 2.12. The average Bonchev–Trinajstić information content (AvgIpc) is 2.58. The Bertz CT molecular complexity index is 654. The lowest BCUT2D eigenvalue weighted by Gasteiger charge is -2.17. The summed E-state index contributed by atoms with van der Waals surface area (Å²) in [5.41, 5.74) is 1.57. The van der Waals surface area contributed by atoms with E-state index in [-0.39, 0.29) is 18.3 Å². The first kappa shape index (κ1) is 16.7. The van der Waals surface area contributed by atoms with E-state index in [1.165, 1.54) is 6.92 Å². The molecular formula is C18H20N2O3. The van der Waals surface area contributed by atoms with Crippen molar-refractivity contribution < 1.29 is 14.3 Å². The van der Waals surface area contributed by atoms with E-state index in [9.17, 15) is 9.59 Å². The summed E-state index contributed by atoms with van der Waals surface area (Å²) in [6, 6.07) is 12.5. The molecular weight excluding hydrogens is 292 g/mol. The van der Waals surface area contributed by atoms with Gasteiger partial charge < -0.3 is 9.64 Å². The number of benzene rings is 1. The van der Waals surface area contributed by atoms with E-state index in [4.69, 9.17) is 4.74 Å². The van der Waals surface area contributed by atoms with Gasteiger partial charge in [-0.05, 0) is 43.3 Å². The minimum absolute atomic E-state index is 0.00174. The van der Waals surface area contributed by atoms with Gasteiger partial charge in [0.05, 0.1) is 0 Å². The van der Waals surface area contributed by atoms with Crippen LogP contribution in [0.4, 0.5) is 0 Å². The maximum absolute atomic E-state index is 12.0. The van der Waals surface area contributed by atoms with Gasteiger partial charge in [0.15, 0.2) is 12.4 Å². The first-order valence-electron chi connectivity index (χ1n) is 7.44. The fourth-order valence-electron chi connectivity index (χ4n) is 1.99. The second kappa shape index (κ2) is 8.08. The molecule has 0 aliphatic carbocycles. The summed E-state index contributed by atoms with van der Waals surface area (Å²) in [6.07, 6.45) is 2.45. The topological polar surface area (TPSA) is 59.5 Å². The molecule has 0 unspecified atom stereocenters. The van der Waals surface area contributed by atoms with Gasteiger partial charge in [0.1, 0.15) is 5.75 Å². The van der Waals surface area contributed by atoms with Crippen molar-refractivity contribution in [2.45, 2.75) is 13.3 Å². The molecule has 0 spiro atoms. The van der Waals surface area contributed by atoms with Gasteiger partial charge in [0, 0.05) is 37.5 Å². The number of Topliss-reactive ketones (excluding diaryl/α,β-unsaturated/α-hetero) is 1. The van der Waals surface area contributed by atoms with Crippen LogP contribution in [0.5, 0.6) is 5.75 Å². The number of rotatable bonds is 7. The monoisotopic (exact) mass is 312 g/mol. The van der Waals surface area contributed by atoms with Crippen LogP contribution in [-0.4, -0.2) is 41.8 Å². The standard InChI is InChI=1S/C18H20N2O3/c1-14(21)15-6-8-17(9-7-15)23-13-18(22)20(2)12-10-16-5-3-4-11-19-16/h3-9,11H,10,12-13H2,1-2H3. The van der Waals surface area contributed by atoms with Crippen LogP contribution in [0, 0.1) is 0 Å². The summed E-state index contributed by atoms with van der Waals surface area (Å²) in [4.78, 5) is 29.1. The molecule has 0 bridgehead atoms. The van der Waals surface area contributed by atoms with Crippen LogP contribution in [0.1, 0.15) is 23.0 Å². The molecule has 0 saturated carbocycles. The zero-order valence-electron chi connectivity index (χ0n) is 13.4. The van der Waals surface area contributed by atoms with Crippen LogP contribution < -0.4 is 4.74 Å². The number of hydrogen-bond acceptors (Lipinski definition) is 4. The SMILES string of the molecule is CC(=O)c1ccc(OCC(=O)N(C)CCc2ccccn2)cc1. The molecule has 2 aromatic rings. The summed E-state index contributed by atoms with van der Waals surface area (Å²) in [6.45, 7) is 2.07. The zero-order valence-corrected chi connectivity index (χ0v) is 13.4. The summed E-state index contributed by atoms with van der Waals surface area (Å²) < 4.78 is 5.46. The van der Waals surface area contributed by atoms with E-state index < -0.39 is 0 Å². The quantitative estimate of drug-likeness (QED) is 0.736. The normalized spacial score (nSPS) is 10.2. The summed E-state index contributed by atoms with van der Waals surface area (Å²) in [5.74, 6) is 0.472. The maximum Gasteiger partial charge on any atom is 0.260 e. The van der Waals surface area contributed by atoms with Gasteiger partial charge in [0.25, 0.3) is 5.91 Å². The Morgan fingerprint density at radius 1 is 1.13 bits per heavy atom. The number of nitrogens with zero attached hydrogens (tertiary/aromatic N) is 2. The number of carbonyl (C=O) groups excluding carboxylic acids is 2. The molecule has 0 aliphatic rings. The van der Waals surface area contributed by atoms with E-state index in [0.717, 1.165) is 5.69 Å². The molecule has 23 heavy (non-hydrogen) atoms. The van der Waals surface area contributed by atoms with Crippen molar-refractivity contribution >= 4 is 11.7 Å². The molecule has 5 heteroatoms. The first-order valence-corrected chi connectivity index (χ1v) is 7.44. The molecule has 5 nitrogen and oxygen atoms in total. The number of amides is 1. The molecule has 1 aromatic heterocycles. The van der Waals surface area contributed by atoms with Crippen LogP contribution in [0.15, 0.2) is 48.7 Å². The smallest absolute Gasteiger partial charge is 0.260 e. The molecule has 2 rings (SSSR count). The molecule has 0 fully saturated rings. The lowest BCUT2D eigenvalue weighted by molar-refractivity contribution is -0.132. The van der Waals surface area contributed by atoms with E-state index in [1.54, 1.807) is 42.4 Å². The molecule has 1 aromatic carbocycles. The van der Waals surface area contributed by atoms with Crippen LogP contribution in [-0.2, 0) is 11.2 Å². The van der Waals surface area contributed by atoms with Gasteiger partial charge in [-0.15, -0.1) is 0 Å². The Balaban J connectivity index is 1.78. The lowest BCUT2D eigenvalue weighted by Crippen LogP contribution is -2.33. The van der Waals surface area contributed by atoms with E-state index in [1.807, 2.05) is 18.2 Å². The van der Waals surface area contributed by atoms with Crippen molar-refractivity contribution in [2.75, 3.05) is 20.2 Å². The third kappa shape index (κ3) is 5.21. The molecule has 0 saturated heterocycles. The fourth-order valence-corrected chi connectivity index (χ4v) is 1.99. The van der Waals surface area contributed by atoms with Crippen LogP contribution in [0.3, 0.4) is 0 Å². The molecule has 0 aliphatic heterocycles. The highest BCUT2D eigenvalue weighted by Gasteiger charge is 2.10. The highest BCUT2D eigenvalue weighted by atomic mass is 16.5. The van der Waals surface area contributed by atoms with E-state index >= 15 is 0 Å². The number of pyridine rings is 1. The molecule has 0 atom stereocenters. The fraction of sp³-hybridized carbons (Fsp3) is 0.278. The Hall–Kier alpha value is -2.69. The minimum atomic E-state index is -0.100. The van der Waals surface area contributed by atoms with Gasteiger partial charge >= 0.3 is 0 Å². The Kier molecular flexibility index (Phi) is 5.86. The van der Waals surface area contributed by atoms with Crippen molar-refractivity contribution in [1.82, 2.24) is 9.88 Å². The molecule has 120 valence electrons. The number of likely N-dealkylation sites (N-methyl/N-ethyl adjacent to an activating group) is 1. The summed E-state index contributed by atoms with van der Waals surface area (Å²) >= 11 is 0. The average molecular weight is 312 g/mol. The number of aromatic nitrogens is 1. The summed E-state index contributed by atoms with van der Waals surface area (Å²) in [7, 11) is 1.74. The Morgan fingerprint density at radius 3 is 2.48 bits per heavy atom. The minimum Gasteiger partial charge on any atom is -0.484 e. The maximum atomic E-state index is 12.0. The number of ether oxygens (including phenoxy) is 1. The summed E-state index contributed by atoms with van der Waals surface area (Å²) in [5, 5.41) is 0. The zero-order chi connectivity index (χ0) is 16.7. The molecule has 1 heterocycles. The van der Waals surface area contributed by atoms with Gasteiger partial charge in [0.2, 0.25) is 0 Å². The highest BCUT2D eigenvalue weighted by molar-refractivity contribution is 5.94. The van der Waals surface area contributed by atoms with Crippen molar-refractivity contribution in [3.8, 4) is 5.75 Å². The van der Waals surface area contributed by atoms with E-state index in [0.29, 0.717) is 24.3 Å². The van der Waals surface area contributed by atoms with Gasteiger partial charge in [-0.2, -0.15) is 0 Å². The Labute approximate surface area is 135 Å². The number of ketones is 1. The molecule has 0 N–H and O–H groups in total. The van der Waals surface area contributed by atoms with Gasteiger partial charge in [-0.3, -0.25) is 14.6 Å². The number of carbonyl (C=O) groups is 2. The molecule has 1 amide bonds. The largest absolute Gasteiger partial charge is 0.484 e. The van der Waals surface area contributed by atoms with E-state index in [2.05, 4.69) is 4.98 Å². The second-order valence-electron chi connectivity index (χ2n) is 5.26. The lowest BCUT2D eigenvalue weighted by atomic mass is 10.1. The predicted octanol–water partition coefficient (Wildman–Crippen LogP) is 2.36. The van der Waals surface area contributed by atoms with Crippen molar-refractivity contribution in [3.05, 3.63) is 59.9 Å². The van der Waals surface area contributed by atoms with Crippen molar-refractivity contribution in [2.24, 2.45) is 0 Å². The third-order valence-electron chi connectivity index (χ3n) is 3.48. The predicted molar refractivity (Wildman–Crippen MR) is 87.5 cm³/mol. The second-order valence-corrected chi connectivity index (χ2v) is 5.26. The number of hydrogen-bond donors (Lipinski definition) is 0. The van der Waals surface area contributed by atoms with Gasteiger partial charge in [-0.1, -0.05) is 6.07 Å².